The number of halogens is 3. The zero-order chi connectivity index (χ0) is 15.1. The Balaban J connectivity index is 0.00000242. The molecule has 5 heteroatoms. The van der Waals surface area contributed by atoms with Gasteiger partial charge in [0, 0.05) is 23.5 Å². The maximum Gasteiger partial charge on any atom is 0.118 e. The molecule has 0 aliphatic heterocycles. The molecule has 0 saturated heterocycles. The van der Waals surface area contributed by atoms with Crippen molar-refractivity contribution in [2.75, 3.05) is 19.5 Å². The summed E-state index contributed by atoms with van der Waals surface area (Å²) in [5.74, 6) is 1.45. The van der Waals surface area contributed by atoms with Gasteiger partial charge in [0.15, 0.2) is 0 Å². The van der Waals surface area contributed by atoms with E-state index in [1.165, 1.54) is 11.1 Å². The van der Waals surface area contributed by atoms with Crippen molar-refractivity contribution in [1.82, 2.24) is 5.32 Å². The summed E-state index contributed by atoms with van der Waals surface area (Å²) in [5, 5.41) is 4.24. The number of methoxy groups -OCH3 is 1. The molecule has 0 saturated carbocycles. The zero-order valence-corrected chi connectivity index (χ0v) is 14.7. The first kappa shape index (κ1) is 19.1. The quantitative estimate of drug-likeness (QED) is 0.710. The van der Waals surface area contributed by atoms with Crippen LogP contribution < -0.4 is 10.1 Å². The van der Waals surface area contributed by atoms with Crippen LogP contribution in [0.5, 0.6) is 5.75 Å². The van der Waals surface area contributed by atoms with Gasteiger partial charge in [0.25, 0.3) is 0 Å². The van der Waals surface area contributed by atoms with Gasteiger partial charge in [0.1, 0.15) is 5.75 Å². The minimum Gasteiger partial charge on any atom is -0.497 e. The summed E-state index contributed by atoms with van der Waals surface area (Å²) in [6.45, 7) is 0.770. The number of hydrogen-bond donors (Lipinski definition) is 1. The molecule has 120 valence electrons. The number of rotatable bonds is 7. The third kappa shape index (κ3) is 5.69. The Kier molecular flexibility index (Phi) is 8.66. The summed E-state index contributed by atoms with van der Waals surface area (Å²) in [5.41, 5.74) is 2.46. The third-order valence-electron chi connectivity index (χ3n) is 3.36. The normalized spacial score (nSPS) is 11.6. The monoisotopic (exact) mass is 359 g/mol. The molecule has 0 radical (unpaired) electrons. The van der Waals surface area contributed by atoms with E-state index >= 15 is 0 Å². The van der Waals surface area contributed by atoms with E-state index in [4.69, 9.17) is 27.9 Å². The maximum atomic E-state index is 5.94. The van der Waals surface area contributed by atoms with Crippen LogP contribution in [-0.4, -0.2) is 19.5 Å². The van der Waals surface area contributed by atoms with Crippen molar-refractivity contribution in [2.45, 2.75) is 12.5 Å². The second-order valence-corrected chi connectivity index (χ2v) is 5.61. The second-order valence-electron chi connectivity index (χ2n) is 4.80. The Bertz CT molecular complexity index is 543. The van der Waals surface area contributed by atoms with Crippen LogP contribution >= 0.6 is 35.6 Å². The first-order valence-corrected chi connectivity index (χ1v) is 7.82. The van der Waals surface area contributed by atoms with E-state index in [0.29, 0.717) is 5.88 Å². The number of benzene rings is 2. The first-order valence-electron chi connectivity index (χ1n) is 6.90. The molecule has 1 unspecified atom stereocenters. The fourth-order valence-corrected chi connectivity index (χ4v) is 2.46. The van der Waals surface area contributed by atoms with E-state index in [-0.39, 0.29) is 18.4 Å². The highest BCUT2D eigenvalue weighted by molar-refractivity contribution is 6.30. The molecular weight excluding hydrogens is 341 g/mol. The van der Waals surface area contributed by atoms with Gasteiger partial charge in [0.2, 0.25) is 0 Å². The van der Waals surface area contributed by atoms with Crippen molar-refractivity contribution in [3.8, 4) is 5.75 Å². The number of ether oxygens (including phenoxy) is 1. The Hall–Kier alpha value is -0.930. The number of hydrogen-bond acceptors (Lipinski definition) is 2. The number of alkyl halides is 1. The van der Waals surface area contributed by atoms with E-state index in [9.17, 15) is 0 Å². The van der Waals surface area contributed by atoms with Crippen LogP contribution in [-0.2, 0) is 6.42 Å². The van der Waals surface area contributed by atoms with Crippen molar-refractivity contribution in [2.24, 2.45) is 0 Å². The van der Waals surface area contributed by atoms with Gasteiger partial charge in [-0.2, -0.15) is 0 Å². The topological polar surface area (TPSA) is 21.3 Å². The van der Waals surface area contributed by atoms with E-state index in [1.807, 2.05) is 24.3 Å². The van der Waals surface area contributed by atoms with Gasteiger partial charge in [0.05, 0.1) is 7.11 Å². The lowest BCUT2D eigenvalue weighted by Crippen LogP contribution is -2.25. The molecule has 2 aromatic carbocycles. The lowest BCUT2D eigenvalue weighted by molar-refractivity contribution is 0.414. The Morgan fingerprint density at radius 1 is 1.05 bits per heavy atom. The summed E-state index contributed by atoms with van der Waals surface area (Å²) < 4.78 is 5.21. The van der Waals surface area contributed by atoms with Gasteiger partial charge < -0.3 is 10.1 Å². The third-order valence-corrected chi connectivity index (χ3v) is 3.80. The van der Waals surface area contributed by atoms with Crippen molar-refractivity contribution >= 4 is 35.6 Å². The number of nitrogens with one attached hydrogen (secondary N) is 1. The van der Waals surface area contributed by atoms with E-state index in [0.717, 1.165) is 23.7 Å². The van der Waals surface area contributed by atoms with Crippen LogP contribution in [0.3, 0.4) is 0 Å². The maximum absolute atomic E-state index is 5.94. The van der Waals surface area contributed by atoms with Gasteiger partial charge in [-0.1, -0.05) is 35.9 Å². The van der Waals surface area contributed by atoms with Crippen molar-refractivity contribution in [3.63, 3.8) is 0 Å². The fourth-order valence-electron chi connectivity index (χ4n) is 2.23. The first-order chi connectivity index (χ1) is 10.2. The molecule has 2 rings (SSSR count). The standard InChI is InChI=1S/C17H19Cl2NO.ClH/c1-21-16-8-4-14(5-9-16)17(20-11-10-18)12-13-2-6-15(19)7-3-13;/h2-9,17,20H,10-12H2,1H3;1H. The molecule has 22 heavy (non-hydrogen) atoms. The molecule has 0 aromatic heterocycles. The van der Waals surface area contributed by atoms with E-state index in [1.54, 1.807) is 7.11 Å². The smallest absolute Gasteiger partial charge is 0.118 e. The summed E-state index contributed by atoms with van der Waals surface area (Å²) in [6, 6.07) is 16.3. The lowest BCUT2D eigenvalue weighted by atomic mass is 9.99. The average molecular weight is 361 g/mol. The molecule has 1 atom stereocenters. The van der Waals surface area contributed by atoms with Crippen LogP contribution in [0.1, 0.15) is 17.2 Å². The summed E-state index contributed by atoms with van der Waals surface area (Å²) in [6.07, 6.45) is 0.889. The highest BCUT2D eigenvalue weighted by atomic mass is 35.5. The molecule has 0 heterocycles. The van der Waals surface area contributed by atoms with Gasteiger partial charge in [-0.25, -0.2) is 0 Å². The molecule has 0 bridgehead atoms. The lowest BCUT2D eigenvalue weighted by Gasteiger charge is -2.19. The molecular formula is C17H20Cl3NO. The highest BCUT2D eigenvalue weighted by Gasteiger charge is 2.12. The van der Waals surface area contributed by atoms with Gasteiger partial charge in [-0.15, -0.1) is 24.0 Å². The van der Waals surface area contributed by atoms with Gasteiger partial charge in [-0.3, -0.25) is 0 Å². The van der Waals surface area contributed by atoms with Crippen LogP contribution in [0.2, 0.25) is 5.02 Å². The molecule has 0 aliphatic carbocycles. The van der Waals surface area contributed by atoms with E-state index < -0.39 is 0 Å². The predicted molar refractivity (Wildman–Crippen MR) is 96.9 cm³/mol. The molecule has 2 aromatic rings. The Labute approximate surface area is 148 Å². The molecule has 0 spiro atoms. The summed E-state index contributed by atoms with van der Waals surface area (Å²) in [4.78, 5) is 0. The van der Waals surface area contributed by atoms with Crippen LogP contribution in [0.15, 0.2) is 48.5 Å². The van der Waals surface area contributed by atoms with Crippen LogP contribution in [0.25, 0.3) is 0 Å². The van der Waals surface area contributed by atoms with Crippen LogP contribution in [0, 0.1) is 0 Å². The van der Waals surface area contributed by atoms with Gasteiger partial charge in [-0.05, 0) is 41.8 Å². The minimum atomic E-state index is 0. The molecule has 2 nitrogen and oxygen atoms in total. The fraction of sp³-hybridized carbons (Fsp3) is 0.294. The highest BCUT2D eigenvalue weighted by Crippen LogP contribution is 2.22. The van der Waals surface area contributed by atoms with E-state index in [2.05, 4.69) is 29.6 Å². The van der Waals surface area contributed by atoms with Crippen molar-refractivity contribution in [1.29, 1.82) is 0 Å². The largest absolute Gasteiger partial charge is 0.497 e. The molecule has 1 N–H and O–H groups in total. The van der Waals surface area contributed by atoms with Gasteiger partial charge >= 0.3 is 0 Å². The molecule has 0 aliphatic rings. The Morgan fingerprint density at radius 2 is 1.68 bits per heavy atom. The van der Waals surface area contributed by atoms with Crippen molar-refractivity contribution < 1.29 is 4.74 Å². The summed E-state index contributed by atoms with van der Waals surface area (Å²) >= 11 is 11.7. The average Bonchev–Trinajstić information content (AvgIpc) is 2.53. The molecule has 0 fully saturated rings. The minimum absolute atomic E-state index is 0. The SMILES string of the molecule is COc1ccc(C(Cc2ccc(Cl)cc2)NCCCl)cc1.Cl. The van der Waals surface area contributed by atoms with Crippen molar-refractivity contribution in [3.05, 3.63) is 64.7 Å². The zero-order valence-electron chi connectivity index (χ0n) is 12.4. The predicted octanol–water partition coefficient (Wildman–Crippen LogP) is 4.88. The summed E-state index contributed by atoms with van der Waals surface area (Å²) in [7, 11) is 1.67. The van der Waals surface area contributed by atoms with Crippen LogP contribution in [0.4, 0.5) is 0 Å². The second kappa shape index (κ2) is 9.96. The Morgan fingerprint density at radius 3 is 2.23 bits per heavy atom. The molecule has 0 amide bonds.